The Balaban J connectivity index is 2.03. The molecule has 8 nitrogen and oxygen atoms in total. The molecule has 162 valence electrons. The summed E-state index contributed by atoms with van der Waals surface area (Å²) in [4.78, 5) is 23.7. The summed E-state index contributed by atoms with van der Waals surface area (Å²) >= 11 is 3.44. The zero-order valence-electron chi connectivity index (χ0n) is 17.2. The lowest BCUT2D eigenvalue weighted by atomic mass is 10.1. The Morgan fingerprint density at radius 2 is 1.37 bits per heavy atom. The number of halogens is 1. The number of carbonyl (C=O) groups excluding carboxylic acids is 2. The van der Waals surface area contributed by atoms with Gasteiger partial charge in [0.2, 0.25) is 0 Å². The molecule has 1 unspecified atom stereocenters. The van der Waals surface area contributed by atoms with E-state index in [1.807, 2.05) is 12.1 Å². The summed E-state index contributed by atoms with van der Waals surface area (Å²) in [7, 11) is 5.72. The molecule has 0 fully saturated rings. The van der Waals surface area contributed by atoms with Crippen LogP contribution in [-0.2, 0) is 16.0 Å². The van der Waals surface area contributed by atoms with Crippen LogP contribution in [0.5, 0.6) is 17.2 Å². The number of rotatable bonds is 10. The Morgan fingerprint density at radius 1 is 0.833 bits per heavy atom. The average molecular weight is 482 g/mol. The highest BCUT2D eigenvalue weighted by atomic mass is 79.9. The van der Waals surface area contributed by atoms with Crippen LogP contribution in [0.25, 0.3) is 0 Å². The van der Waals surface area contributed by atoms with Crippen LogP contribution >= 0.6 is 15.9 Å². The summed E-state index contributed by atoms with van der Waals surface area (Å²) in [6.07, 6.45) is 0. The highest BCUT2D eigenvalue weighted by Crippen LogP contribution is 2.23. The normalized spacial score (nSPS) is 11.4. The van der Waals surface area contributed by atoms with E-state index in [9.17, 15) is 9.59 Å². The predicted molar refractivity (Wildman–Crippen MR) is 114 cm³/mol. The number of hydrogen-bond acceptors (Lipinski definition) is 8. The number of benzene rings is 2. The second kappa shape index (κ2) is 11.4. The third-order valence-corrected chi connectivity index (χ3v) is 4.57. The van der Waals surface area contributed by atoms with E-state index in [1.54, 1.807) is 20.3 Å². The van der Waals surface area contributed by atoms with Crippen LogP contribution in [-0.4, -0.2) is 51.9 Å². The minimum absolute atomic E-state index is 0.187. The van der Waals surface area contributed by atoms with E-state index >= 15 is 0 Å². The van der Waals surface area contributed by atoms with Crippen LogP contribution in [0.4, 0.5) is 0 Å². The molecule has 9 heteroatoms. The number of hydrogen-bond donors (Lipinski definition) is 1. The van der Waals surface area contributed by atoms with Gasteiger partial charge >= 0.3 is 11.9 Å². The zero-order valence-corrected chi connectivity index (χ0v) is 18.8. The maximum atomic E-state index is 11.9. The summed E-state index contributed by atoms with van der Waals surface area (Å²) < 4.78 is 25.8. The van der Waals surface area contributed by atoms with Crippen molar-refractivity contribution in [2.24, 2.45) is 0 Å². The molecule has 0 amide bonds. The highest BCUT2D eigenvalue weighted by molar-refractivity contribution is 9.09. The van der Waals surface area contributed by atoms with Gasteiger partial charge in [-0.3, -0.25) is 0 Å². The molecular formula is C21H24BrNO7. The molecule has 0 radical (unpaired) electrons. The van der Waals surface area contributed by atoms with E-state index in [4.69, 9.17) is 23.7 Å². The molecule has 0 aliphatic heterocycles. The van der Waals surface area contributed by atoms with Crippen molar-refractivity contribution >= 4 is 27.9 Å². The van der Waals surface area contributed by atoms with Crippen LogP contribution in [0.2, 0.25) is 0 Å². The maximum absolute atomic E-state index is 11.9. The third-order valence-electron chi connectivity index (χ3n) is 4.06. The van der Waals surface area contributed by atoms with Crippen LogP contribution < -0.4 is 19.5 Å². The van der Waals surface area contributed by atoms with Gasteiger partial charge in [0.05, 0.1) is 39.6 Å². The molecule has 0 saturated heterocycles. The summed E-state index contributed by atoms with van der Waals surface area (Å²) in [5, 5.41) is 2.83. The zero-order chi connectivity index (χ0) is 22.1. The first kappa shape index (κ1) is 23.5. The number of methoxy groups -OCH3 is 4. The van der Waals surface area contributed by atoms with E-state index in [2.05, 4.69) is 21.2 Å². The second-order valence-corrected chi connectivity index (χ2v) is 7.13. The van der Waals surface area contributed by atoms with Crippen molar-refractivity contribution in [3.8, 4) is 17.2 Å². The lowest BCUT2D eigenvalue weighted by molar-refractivity contribution is 0.0598. The molecule has 2 aromatic rings. The minimum atomic E-state index is -0.582. The van der Waals surface area contributed by atoms with Gasteiger partial charge < -0.3 is 29.0 Å². The van der Waals surface area contributed by atoms with Gasteiger partial charge in [-0.05, 0) is 51.8 Å². The van der Waals surface area contributed by atoms with Crippen molar-refractivity contribution in [2.75, 3.05) is 35.0 Å². The van der Waals surface area contributed by atoms with Crippen LogP contribution in [0.1, 0.15) is 26.3 Å². The van der Waals surface area contributed by atoms with Gasteiger partial charge in [-0.25, -0.2) is 9.59 Å². The van der Waals surface area contributed by atoms with E-state index in [-0.39, 0.29) is 11.1 Å². The lowest BCUT2D eigenvalue weighted by Crippen LogP contribution is -2.26. The van der Waals surface area contributed by atoms with Gasteiger partial charge in [0.15, 0.2) is 5.01 Å². The van der Waals surface area contributed by atoms with Crippen molar-refractivity contribution < 1.29 is 33.3 Å². The molecule has 0 aliphatic carbocycles. The van der Waals surface area contributed by atoms with Crippen LogP contribution in [0.3, 0.4) is 0 Å². The molecular weight excluding hydrogens is 458 g/mol. The first-order valence-corrected chi connectivity index (χ1v) is 9.86. The van der Waals surface area contributed by atoms with E-state index in [0.29, 0.717) is 30.3 Å². The smallest absolute Gasteiger partial charge is 0.338 e. The number of ether oxygens (including phenoxy) is 5. The van der Waals surface area contributed by atoms with Crippen molar-refractivity contribution in [2.45, 2.75) is 11.6 Å². The molecule has 0 saturated carbocycles. The summed E-state index contributed by atoms with van der Waals surface area (Å²) in [6.45, 7) is 0.990. The molecule has 0 aromatic heterocycles. The summed E-state index contributed by atoms with van der Waals surface area (Å²) in [5.41, 5.74) is 1.35. The van der Waals surface area contributed by atoms with Gasteiger partial charge in [0, 0.05) is 19.2 Å². The Morgan fingerprint density at radius 3 is 1.83 bits per heavy atom. The van der Waals surface area contributed by atoms with Crippen LogP contribution in [0, 0.1) is 0 Å². The first-order chi connectivity index (χ1) is 14.4. The Hall–Kier alpha value is -2.78. The number of alkyl halides is 1. The first-order valence-electron chi connectivity index (χ1n) is 8.95. The number of nitrogens with one attached hydrogen (secondary N) is 1. The SMILES string of the molecule is COC(=O)c1cc(OC(Br)CNCc2cc(OC)cc(OC)c2)cc(C(=O)OC)c1. The Bertz CT molecular complexity index is 831. The molecule has 0 spiro atoms. The largest absolute Gasteiger partial charge is 0.497 e. The molecule has 0 bridgehead atoms. The van der Waals surface area contributed by atoms with Crippen molar-refractivity contribution in [1.29, 1.82) is 0 Å². The standard InChI is InChI=1S/C21H24BrNO7/c1-26-16-5-13(6-17(10-16)27-2)11-23-12-19(22)30-18-8-14(20(24)28-3)7-15(9-18)21(25)29-4/h5-10,19,23H,11-12H2,1-4H3. The molecule has 2 aromatic carbocycles. The molecule has 1 N–H and O–H groups in total. The van der Waals surface area contributed by atoms with E-state index in [0.717, 1.165) is 5.56 Å². The fourth-order valence-electron chi connectivity index (χ4n) is 2.63. The van der Waals surface area contributed by atoms with Gasteiger partial charge in [0.25, 0.3) is 0 Å². The molecule has 30 heavy (non-hydrogen) atoms. The van der Waals surface area contributed by atoms with Gasteiger partial charge in [-0.15, -0.1) is 0 Å². The van der Waals surface area contributed by atoms with E-state index < -0.39 is 17.0 Å². The average Bonchev–Trinajstić information content (AvgIpc) is 2.77. The van der Waals surface area contributed by atoms with Crippen molar-refractivity contribution in [3.05, 3.63) is 53.1 Å². The lowest BCUT2D eigenvalue weighted by Gasteiger charge is -2.16. The molecule has 0 heterocycles. The minimum Gasteiger partial charge on any atom is -0.497 e. The Kier molecular flexibility index (Phi) is 8.94. The fourth-order valence-corrected chi connectivity index (χ4v) is 3.07. The van der Waals surface area contributed by atoms with Gasteiger partial charge in [-0.2, -0.15) is 0 Å². The molecule has 0 aliphatic rings. The predicted octanol–water partition coefficient (Wildman–Crippen LogP) is 3.17. The third kappa shape index (κ3) is 6.64. The van der Waals surface area contributed by atoms with Crippen molar-refractivity contribution in [1.82, 2.24) is 5.32 Å². The quantitative estimate of drug-likeness (QED) is 0.408. The van der Waals surface area contributed by atoms with Gasteiger partial charge in [-0.1, -0.05) is 0 Å². The molecule has 2 rings (SSSR count). The topological polar surface area (TPSA) is 92.3 Å². The number of carbonyl (C=O) groups is 2. The number of esters is 2. The second-order valence-electron chi connectivity index (χ2n) is 6.11. The Labute approximate surface area is 183 Å². The summed E-state index contributed by atoms with van der Waals surface area (Å²) in [5.74, 6) is 0.564. The highest BCUT2D eigenvalue weighted by Gasteiger charge is 2.16. The fraction of sp³-hybridized carbons (Fsp3) is 0.333. The monoisotopic (exact) mass is 481 g/mol. The van der Waals surface area contributed by atoms with E-state index in [1.165, 1.54) is 32.4 Å². The van der Waals surface area contributed by atoms with Crippen molar-refractivity contribution in [3.63, 3.8) is 0 Å². The molecule has 1 atom stereocenters. The summed E-state index contributed by atoms with van der Waals surface area (Å²) in [6, 6.07) is 10.00. The van der Waals surface area contributed by atoms with Crippen LogP contribution in [0.15, 0.2) is 36.4 Å². The van der Waals surface area contributed by atoms with Gasteiger partial charge in [0.1, 0.15) is 17.2 Å². The maximum Gasteiger partial charge on any atom is 0.338 e.